The van der Waals surface area contributed by atoms with Crippen molar-refractivity contribution in [1.29, 1.82) is 0 Å². The molecule has 1 aliphatic heterocycles. The van der Waals surface area contributed by atoms with Gasteiger partial charge in [-0.25, -0.2) is 14.1 Å². The standard InChI is InChI=1S/C12H10N4O4/c17-10-2-4-15(12(20)14-10)7-5-8(11(18)19)9-1-3-13-16(9)6-7/h1,3,5-6H,2,4H2,(H,18,19)(H,14,17,20). The van der Waals surface area contributed by atoms with Gasteiger partial charge in [-0.1, -0.05) is 0 Å². The van der Waals surface area contributed by atoms with Gasteiger partial charge < -0.3 is 5.11 Å². The Morgan fingerprint density at radius 1 is 1.40 bits per heavy atom. The fourth-order valence-electron chi connectivity index (χ4n) is 2.14. The molecule has 1 fully saturated rings. The zero-order chi connectivity index (χ0) is 14.3. The van der Waals surface area contributed by atoms with E-state index in [1.807, 2.05) is 0 Å². The van der Waals surface area contributed by atoms with Gasteiger partial charge in [0.25, 0.3) is 0 Å². The van der Waals surface area contributed by atoms with Crippen molar-refractivity contribution in [2.75, 3.05) is 11.4 Å². The van der Waals surface area contributed by atoms with Crippen molar-refractivity contribution in [2.45, 2.75) is 6.42 Å². The molecule has 0 unspecified atom stereocenters. The smallest absolute Gasteiger partial charge is 0.337 e. The summed E-state index contributed by atoms with van der Waals surface area (Å²) in [6.07, 6.45) is 3.20. The maximum absolute atomic E-state index is 11.8. The summed E-state index contributed by atoms with van der Waals surface area (Å²) in [6, 6.07) is 2.41. The van der Waals surface area contributed by atoms with Crippen molar-refractivity contribution in [3.63, 3.8) is 0 Å². The van der Waals surface area contributed by atoms with E-state index in [1.54, 1.807) is 12.3 Å². The third kappa shape index (κ3) is 1.87. The molecular weight excluding hydrogens is 264 g/mol. The predicted molar refractivity (Wildman–Crippen MR) is 67.7 cm³/mol. The SMILES string of the molecule is O=C1CCN(c2cc(C(=O)O)c3ccnn3c2)C(=O)N1. The van der Waals surface area contributed by atoms with E-state index in [0.29, 0.717) is 11.2 Å². The van der Waals surface area contributed by atoms with Gasteiger partial charge in [0.05, 0.1) is 29.2 Å². The molecule has 0 spiro atoms. The van der Waals surface area contributed by atoms with Crippen LogP contribution in [0.2, 0.25) is 0 Å². The molecule has 3 heterocycles. The molecule has 0 saturated carbocycles. The molecule has 1 saturated heterocycles. The van der Waals surface area contributed by atoms with Crippen molar-refractivity contribution in [3.8, 4) is 0 Å². The van der Waals surface area contributed by atoms with E-state index >= 15 is 0 Å². The highest BCUT2D eigenvalue weighted by atomic mass is 16.4. The zero-order valence-corrected chi connectivity index (χ0v) is 10.2. The number of aromatic carboxylic acids is 1. The Hall–Kier alpha value is -2.90. The topological polar surface area (TPSA) is 104 Å². The van der Waals surface area contributed by atoms with Crippen LogP contribution in [0.4, 0.5) is 10.5 Å². The number of nitrogens with zero attached hydrogens (tertiary/aromatic N) is 3. The minimum absolute atomic E-state index is 0.0460. The largest absolute Gasteiger partial charge is 0.478 e. The summed E-state index contributed by atoms with van der Waals surface area (Å²) in [5.74, 6) is -1.45. The normalized spacial score (nSPS) is 15.5. The van der Waals surface area contributed by atoms with Crippen LogP contribution in [0.3, 0.4) is 0 Å². The van der Waals surface area contributed by atoms with Gasteiger partial charge in [0.15, 0.2) is 0 Å². The Kier molecular flexibility index (Phi) is 2.63. The van der Waals surface area contributed by atoms with E-state index in [0.717, 1.165) is 0 Å². The van der Waals surface area contributed by atoms with Crippen LogP contribution in [-0.2, 0) is 4.79 Å². The summed E-state index contributed by atoms with van der Waals surface area (Å²) in [5, 5.41) is 15.4. The second-order valence-corrected chi connectivity index (χ2v) is 4.33. The van der Waals surface area contributed by atoms with Gasteiger partial charge in [-0.3, -0.25) is 15.0 Å². The zero-order valence-electron chi connectivity index (χ0n) is 10.2. The van der Waals surface area contributed by atoms with Crippen molar-refractivity contribution in [2.24, 2.45) is 0 Å². The van der Waals surface area contributed by atoms with E-state index in [4.69, 9.17) is 0 Å². The molecule has 20 heavy (non-hydrogen) atoms. The molecule has 3 rings (SSSR count). The van der Waals surface area contributed by atoms with Crippen LogP contribution in [0.15, 0.2) is 24.5 Å². The summed E-state index contributed by atoms with van der Waals surface area (Å²) in [6.45, 7) is 0.205. The molecule has 2 aromatic rings. The molecule has 0 aliphatic carbocycles. The first-order valence-corrected chi connectivity index (χ1v) is 5.88. The van der Waals surface area contributed by atoms with Gasteiger partial charge in [0.2, 0.25) is 5.91 Å². The van der Waals surface area contributed by atoms with Crippen LogP contribution in [-0.4, -0.2) is 39.2 Å². The number of aromatic nitrogens is 2. The summed E-state index contributed by atoms with van der Waals surface area (Å²) in [5.41, 5.74) is 0.864. The minimum atomic E-state index is -1.11. The van der Waals surface area contributed by atoms with Crippen LogP contribution in [0.1, 0.15) is 16.8 Å². The number of anilines is 1. The summed E-state index contributed by atoms with van der Waals surface area (Å²) >= 11 is 0. The van der Waals surface area contributed by atoms with E-state index in [-0.39, 0.29) is 24.4 Å². The number of rotatable bonds is 2. The quantitative estimate of drug-likeness (QED) is 0.828. The molecule has 2 aromatic heterocycles. The van der Waals surface area contributed by atoms with Crippen molar-refractivity contribution < 1.29 is 19.5 Å². The minimum Gasteiger partial charge on any atom is -0.478 e. The third-order valence-electron chi connectivity index (χ3n) is 3.09. The Bertz CT molecular complexity index is 736. The fraction of sp³-hybridized carbons (Fsp3) is 0.167. The maximum atomic E-state index is 11.8. The first-order chi connectivity index (χ1) is 9.56. The number of amides is 3. The van der Waals surface area contributed by atoms with Gasteiger partial charge in [0, 0.05) is 13.0 Å². The number of imide groups is 1. The second kappa shape index (κ2) is 4.34. The number of nitrogens with one attached hydrogen (secondary N) is 1. The van der Waals surface area contributed by atoms with E-state index in [2.05, 4.69) is 10.4 Å². The van der Waals surface area contributed by atoms with E-state index in [1.165, 1.54) is 21.7 Å². The lowest BCUT2D eigenvalue weighted by Crippen LogP contribution is -2.49. The molecule has 0 bridgehead atoms. The third-order valence-corrected chi connectivity index (χ3v) is 3.09. The summed E-state index contributed by atoms with van der Waals surface area (Å²) in [4.78, 5) is 35.5. The van der Waals surface area contributed by atoms with Gasteiger partial charge in [-0.15, -0.1) is 0 Å². The van der Waals surface area contributed by atoms with E-state index in [9.17, 15) is 19.5 Å². The average Bonchev–Trinajstić information content (AvgIpc) is 2.85. The highest BCUT2D eigenvalue weighted by Crippen LogP contribution is 2.22. The second-order valence-electron chi connectivity index (χ2n) is 4.33. The first kappa shape index (κ1) is 12.2. The fourth-order valence-corrected chi connectivity index (χ4v) is 2.14. The number of hydrogen-bond donors (Lipinski definition) is 2. The van der Waals surface area contributed by atoms with Crippen LogP contribution in [0, 0.1) is 0 Å². The van der Waals surface area contributed by atoms with Crippen LogP contribution in [0.5, 0.6) is 0 Å². The Labute approximate surface area is 112 Å². The molecule has 2 N–H and O–H groups in total. The lowest BCUT2D eigenvalue weighted by molar-refractivity contribution is -0.120. The molecule has 0 atom stereocenters. The van der Waals surface area contributed by atoms with Crippen molar-refractivity contribution in [1.82, 2.24) is 14.9 Å². The van der Waals surface area contributed by atoms with E-state index < -0.39 is 12.0 Å². The van der Waals surface area contributed by atoms with Crippen LogP contribution < -0.4 is 10.2 Å². The van der Waals surface area contributed by atoms with Gasteiger partial charge >= 0.3 is 12.0 Å². The highest BCUT2D eigenvalue weighted by molar-refractivity contribution is 6.06. The molecule has 102 valence electrons. The van der Waals surface area contributed by atoms with Crippen LogP contribution >= 0.6 is 0 Å². The molecule has 3 amide bonds. The number of pyridine rings is 1. The molecule has 0 aromatic carbocycles. The number of fused-ring (bicyclic) bond motifs is 1. The average molecular weight is 274 g/mol. The number of carboxylic acid groups (broad SMARTS) is 1. The molecular formula is C12H10N4O4. The number of carboxylic acids is 1. The molecule has 0 radical (unpaired) electrons. The lowest BCUT2D eigenvalue weighted by atomic mass is 10.2. The molecule has 1 aliphatic rings. The number of urea groups is 1. The summed E-state index contributed by atoms with van der Waals surface area (Å²) < 4.78 is 1.39. The van der Waals surface area contributed by atoms with Gasteiger partial charge in [-0.05, 0) is 12.1 Å². The van der Waals surface area contributed by atoms with Crippen molar-refractivity contribution >= 4 is 29.1 Å². The monoisotopic (exact) mass is 274 g/mol. The number of hydrogen-bond acceptors (Lipinski definition) is 4. The highest BCUT2D eigenvalue weighted by Gasteiger charge is 2.25. The Morgan fingerprint density at radius 3 is 2.90 bits per heavy atom. The number of carbonyl (C=O) groups is 3. The number of carbonyl (C=O) groups excluding carboxylic acids is 2. The Balaban J connectivity index is 2.10. The lowest BCUT2D eigenvalue weighted by Gasteiger charge is -2.26. The maximum Gasteiger partial charge on any atom is 0.337 e. The van der Waals surface area contributed by atoms with Gasteiger partial charge in [0.1, 0.15) is 0 Å². The molecule has 8 nitrogen and oxygen atoms in total. The van der Waals surface area contributed by atoms with Crippen LogP contribution in [0.25, 0.3) is 5.52 Å². The Morgan fingerprint density at radius 2 is 2.20 bits per heavy atom. The summed E-state index contributed by atoms with van der Waals surface area (Å²) in [7, 11) is 0. The van der Waals surface area contributed by atoms with Gasteiger partial charge in [-0.2, -0.15) is 5.10 Å². The predicted octanol–water partition coefficient (Wildman–Crippen LogP) is 0.479. The molecule has 8 heteroatoms. The first-order valence-electron chi connectivity index (χ1n) is 5.88. The van der Waals surface area contributed by atoms with Crippen molar-refractivity contribution in [3.05, 3.63) is 30.1 Å².